The van der Waals surface area contributed by atoms with E-state index in [0.29, 0.717) is 0 Å². The first-order valence-electron chi connectivity index (χ1n) is 22.0. The third kappa shape index (κ3) is 5.33. The molecule has 0 spiro atoms. The molecule has 0 amide bonds. The molecule has 0 N–H and O–H groups in total. The minimum atomic E-state index is -0.182. The molecule has 5 aliphatic carbocycles. The largest absolute Gasteiger partial charge is 0.314 e. The van der Waals surface area contributed by atoms with E-state index in [1.807, 2.05) is 0 Å². The molecular formula is C58H48N2. The van der Waals surface area contributed by atoms with Crippen molar-refractivity contribution in [1.82, 2.24) is 4.57 Å². The van der Waals surface area contributed by atoms with Gasteiger partial charge in [0, 0.05) is 39.1 Å². The van der Waals surface area contributed by atoms with Crippen molar-refractivity contribution < 1.29 is 0 Å². The average molecular weight is 773 g/mol. The van der Waals surface area contributed by atoms with Gasteiger partial charge in [-0.25, -0.2) is 0 Å². The van der Waals surface area contributed by atoms with Gasteiger partial charge in [-0.15, -0.1) is 0 Å². The molecule has 0 atom stereocenters. The minimum Gasteiger partial charge on any atom is -0.314 e. The number of fused-ring (bicyclic) bond motifs is 12. The Labute approximate surface area is 353 Å². The lowest BCUT2D eigenvalue weighted by atomic mass is 9.81. The Morgan fingerprint density at radius 2 is 1.52 bits per heavy atom. The molecule has 0 unspecified atom stereocenters. The Bertz CT molecular complexity index is 3130. The molecule has 0 bridgehead atoms. The Morgan fingerprint density at radius 1 is 0.650 bits per heavy atom. The standard InChI is InChI=1S/C58H48N2/c1-58(2)50-34-29-40-19-13-15-23-45(40)56(50)57-49-35-41-20-14-16-24-46(41)55(49)54(37-51(57)58)59(43-30-27-39(28-31-43)38-17-7-3-4-8-18-38)44-32-33-48-47-25-11-6-12-26-52(47)60(53(48)36-44)42-21-9-5-10-22-42/h3,6-8,11-21,23-24,26-34,36-37H,4-5,9-10,22,25,35H2,1-2H3. The fraction of sp³-hybridized carbons (Fsp3) is 0.172. The summed E-state index contributed by atoms with van der Waals surface area (Å²) in [5, 5.41) is 4.00. The Kier molecular flexibility index (Phi) is 8.07. The first-order valence-corrected chi connectivity index (χ1v) is 22.0. The van der Waals surface area contributed by atoms with Gasteiger partial charge in [-0.05, 0) is 148 Å². The summed E-state index contributed by atoms with van der Waals surface area (Å²) in [5.41, 5.74) is 22.6. The second-order valence-electron chi connectivity index (χ2n) is 17.7. The van der Waals surface area contributed by atoms with E-state index < -0.39 is 0 Å². The van der Waals surface area contributed by atoms with Gasteiger partial charge < -0.3 is 9.47 Å². The highest BCUT2D eigenvalue weighted by molar-refractivity contribution is 6.08. The number of anilines is 3. The van der Waals surface area contributed by atoms with Crippen LogP contribution in [0.4, 0.5) is 17.1 Å². The second kappa shape index (κ2) is 13.7. The van der Waals surface area contributed by atoms with Gasteiger partial charge in [-0.1, -0.05) is 147 Å². The van der Waals surface area contributed by atoms with Gasteiger partial charge in [-0.2, -0.15) is 0 Å². The molecule has 1 heterocycles. The van der Waals surface area contributed by atoms with E-state index >= 15 is 0 Å². The van der Waals surface area contributed by atoms with E-state index in [2.05, 4.69) is 193 Å². The van der Waals surface area contributed by atoms with Crippen LogP contribution in [0.5, 0.6) is 0 Å². The first-order chi connectivity index (χ1) is 29.5. The molecule has 0 saturated carbocycles. The quantitative estimate of drug-likeness (QED) is 0.169. The zero-order chi connectivity index (χ0) is 40.0. The number of nitrogens with zero attached hydrogens (tertiary/aromatic N) is 2. The zero-order valence-electron chi connectivity index (χ0n) is 34.5. The topological polar surface area (TPSA) is 8.17 Å². The molecule has 5 aliphatic rings. The summed E-state index contributed by atoms with van der Waals surface area (Å²) in [6.07, 6.45) is 30.3. The van der Waals surface area contributed by atoms with Crippen LogP contribution in [0.3, 0.4) is 0 Å². The zero-order valence-corrected chi connectivity index (χ0v) is 34.5. The molecule has 0 fully saturated rings. The molecule has 7 aromatic rings. The predicted molar refractivity (Wildman–Crippen MR) is 255 cm³/mol. The number of hydrogen-bond acceptors (Lipinski definition) is 1. The van der Waals surface area contributed by atoms with E-state index in [1.54, 1.807) is 0 Å². The van der Waals surface area contributed by atoms with Gasteiger partial charge in [0.15, 0.2) is 0 Å². The average Bonchev–Trinajstić information content (AvgIpc) is 3.66. The summed E-state index contributed by atoms with van der Waals surface area (Å²) in [6, 6.07) is 42.1. The molecule has 2 nitrogen and oxygen atoms in total. The first kappa shape index (κ1) is 35.3. The summed E-state index contributed by atoms with van der Waals surface area (Å²) < 4.78 is 2.60. The van der Waals surface area contributed by atoms with Crippen molar-refractivity contribution in [2.75, 3.05) is 4.90 Å². The molecule has 60 heavy (non-hydrogen) atoms. The molecule has 6 aromatic carbocycles. The van der Waals surface area contributed by atoms with Gasteiger partial charge in [0.25, 0.3) is 0 Å². The smallest absolute Gasteiger partial charge is 0.0555 e. The fourth-order valence-electron chi connectivity index (χ4n) is 11.1. The molecule has 12 rings (SSSR count). The van der Waals surface area contributed by atoms with Crippen molar-refractivity contribution >= 4 is 56.1 Å². The molecule has 0 radical (unpaired) electrons. The Hall–Kier alpha value is -6.64. The summed E-state index contributed by atoms with van der Waals surface area (Å²) in [5.74, 6) is 0. The summed E-state index contributed by atoms with van der Waals surface area (Å²) in [7, 11) is 0. The highest BCUT2D eigenvalue weighted by Crippen LogP contribution is 2.60. The maximum absolute atomic E-state index is 2.60. The molecule has 2 heteroatoms. The van der Waals surface area contributed by atoms with Crippen molar-refractivity contribution in [3.05, 3.63) is 203 Å². The molecule has 290 valence electrons. The summed E-state index contributed by atoms with van der Waals surface area (Å²) >= 11 is 0. The lowest BCUT2D eigenvalue weighted by molar-refractivity contribution is 0.660. The number of hydrogen-bond donors (Lipinski definition) is 0. The van der Waals surface area contributed by atoms with E-state index in [4.69, 9.17) is 0 Å². The van der Waals surface area contributed by atoms with Crippen LogP contribution in [0.25, 0.3) is 61.3 Å². The third-order valence-corrected chi connectivity index (χ3v) is 14.0. The van der Waals surface area contributed by atoms with Crippen molar-refractivity contribution in [3.63, 3.8) is 0 Å². The van der Waals surface area contributed by atoms with Crippen LogP contribution in [-0.2, 0) is 18.3 Å². The van der Waals surface area contributed by atoms with Gasteiger partial charge >= 0.3 is 0 Å². The lowest BCUT2D eigenvalue weighted by Gasteiger charge is -2.31. The van der Waals surface area contributed by atoms with Crippen LogP contribution in [0, 0.1) is 0 Å². The minimum absolute atomic E-state index is 0.182. The Morgan fingerprint density at radius 3 is 2.42 bits per heavy atom. The monoisotopic (exact) mass is 772 g/mol. The van der Waals surface area contributed by atoms with Crippen LogP contribution >= 0.6 is 0 Å². The molecule has 1 aromatic heterocycles. The number of allylic oxidation sites excluding steroid dienone is 11. The van der Waals surface area contributed by atoms with Crippen LogP contribution in [0.1, 0.15) is 85.0 Å². The maximum atomic E-state index is 2.60. The van der Waals surface area contributed by atoms with Crippen molar-refractivity contribution in [1.29, 1.82) is 0 Å². The van der Waals surface area contributed by atoms with E-state index in [-0.39, 0.29) is 5.41 Å². The van der Waals surface area contributed by atoms with E-state index in [0.717, 1.165) is 37.8 Å². The van der Waals surface area contributed by atoms with Crippen LogP contribution in [0.2, 0.25) is 0 Å². The second-order valence-corrected chi connectivity index (χ2v) is 17.7. The molecular weight excluding hydrogens is 725 g/mol. The number of aromatic nitrogens is 1. The van der Waals surface area contributed by atoms with Crippen molar-refractivity contribution in [2.45, 2.75) is 64.2 Å². The summed E-state index contributed by atoms with van der Waals surface area (Å²) in [6.45, 7) is 4.89. The Balaban J connectivity index is 1.15. The molecule has 0 saturated heterocycles. The van der Waals surface area contributed by atoms with E-state index in [9.17, 15) is 0 Å². The normalized spacial score (nSPS) is 16.8. The predicted octanol–water partition coefficient (Wildman–Crippen LogP) is 15.6. The van der Waals surface area contributed by atoms with Crippen molar-refractivity contribution in [2.24, 2.45) is 0 Å². The fourth-order valence-corrected chi connectivity index (χ4v) is 11.1. The van der Waals surface area contributed by atoms with Crippen LogP contribution in [0.15, 0.2) is 164 Å². The van der Waals surface area contributed by atoms with Crippen LogP contribution in [-0.4, -0.2) is 4.57 Å². The highest BCUT2D eigenvalue weighted by atomic mass is 15.1. The van der Waals surface area contributed by atoms with Gasteiger partial charge in [0.05, 0.1) is 11.2 Å². The third-order valence-electron chi connectivity index (χ3n) is 14.0. The van der Waals surface area contributed by atoms with Crippen LogP contribution < -0.4 is 4.90 Å². The SMILES string of the molecule is CC1(C)c2cc(N(c3ccc(C4=CC=CCC=C4)cc3)c3ccc4c5c(n(C6=CCCCC6)c4c3)C=CC=CC5)c3c(c2-c2c1ccc1ccccc21)Cc1ccccc1-3. The maximum Gasteiger partial charge on any atom is 0.0555 e. The van der Waals surface area contributed by atoms with Gasteiger partial charge in [0.1, 0.15) is 0 Å². The lowest BCUT2D eigenvalue weighted by Crippen LogP contribution is -2.17. The summed E-state index contributed by atoms with van der Waals surface area (Å²) in [4.78, 5) is 2.59. The van der Waals surface area contributed by atoms with E-state index in [1.165, 1.54) is 118 Å². The van der Waals surface area contributed by atoms with Gasteiger partial charge in [-0.3, -0.25) is 0 Å². The molecule has 0 aliphatic heterocycles. The highest BCUT2D eigenvalue weighted by Gasteiger charge is 2.42. The van der Waals surface area contributed by atoms with Crippen molar-refractivity contribution in [3.8, 4) is 22.3 Å². The number of rotatable bonds is 5. The van der Waals surface area contributed by atoms with Gasteiger partial charge in [0.2, 0.25) is 0 Å². The number of benzene rings is 6.